The zero-order chi connectivity index (χ0) is 20.8. The Balaban J connectivity index is 1.58. The first-order chi connectivity index (χ1) is 14.5. The van der Waals surface area contributed by atoms with Crippen LogP contribution in [0.15, 0.2) is 42.6 Å². The van der Waals surface area contributed by atoms with Gasteiger partial charge in [-0.2, -0.15) is 0 Å². The summed E-state index contributed by atoms with van der Waals surface area (Å²) in [6.07, 6.45) is 3.13. The van der Waals surface area contributed by atoms with Crippen molar-refractivity contribution in [3.05, 3.63) is 53.2 Å². The zero-order valence-corrected chi connectivity index (χ0v) is 17.7. The maximum atomic E-state index is 6.50. The molecular formula is C22H23ClN6O. The van der Waals surface area contributed by atoms with Gasteiger partial charge in [-0.1, -0.05) is 23.7 Å². The number of methoxy groups -OCH3 is 1. The van der Waals surface area contributed by atoms with Gasteiger partial charge in [0, 0.05) is 36.8 Å². The van der Waals surface area contributed by atoms with Gasteiger partial charge in [0.25, 0.3) is 0 Å². The number of ether oxygens (including phenoxy) is 1. The molecule has 4 aromatic rings. The van der Waals surface area contributed by atoms with Gasteiger partial charge in [0.1, 0.15) is 16.5 Å². The van der Waals surface area contributed by atoms with Gasteiger partial charge < -0.3 is 10.5 Å². The van der Waals surface area contributed by atoms with Crippen molar-refractivity contribution in [1.82, 2.24) is 24.5 Å². The lowest BCUT2D eigenvalue weighted by Gasteiger charge is -2.24. The zero-order valence-electron chi connectivity index (χ0n) is 16.9. The smallest absolute Gasteiger partial charge is 0.187 e. The van der Waals surface area contributed by atoms with Crippen LogP contribution in [-0.2, 0) is 0 Å². The highest BCUT2D eigenvalue weighted by Crippen LogP contribution is 2.33. The Morgan fingerprint density at radius 2 is 2.00 bits per heavy atom. The summed E-state index contributed by atoms with van der Waals surface area (Å²) in [7, 11) is 1.60. The monoisotopic (exact) mass is 422 g/mol. The lowest BCUT2D eigenvalue weighted by molar-refractivity contribution is 0.259. The summed E-state index contributed by atoms with van der Waals surface area (Å²) in [5.74, 6) is 1.28. The van der Waals surface area contributed by atoms with E-state index in [0.29, 0.717) is 27.8 Å². The SMILES string of the molecule is COc1ccc2ccc(-c3nnc4ccc([C@H](C)N5CC[C@H](N)C5)cn34)nc2c1Cl. The number of rotatable bonds is 4. The second-order valence-corrected chi connectivity index (χ2v) is 8.16. The number of pyridine rings is 2. The van der Waals surface area contributed by atoms with Gasteiger partial charge in [-0.3, -0.25) is 9.30 Å². The predicted octanol–water partition coefficient (Wildman–Crippen LogP) is 3.70. The summed E-state index contributed by atoms with van der Waals surface area (Å²) < 4.78 is 7.32. The summed E-state index contributed by atoms with van der Waals surface area (Å²) >= 11 is 6.50. The molecule has 1 saturated heterocycles. The molecule has 3 aromatic heterocycles. The van der Waals surface area contributed by atoms with Crippen LogP contribution < -0.4 is 10.5 Å². The highest BCUT2D eigenvalue weighted by atomic mass is 35.5. The fourth-order valence-corrected chi connectivity index (χ4v) is 4.42. The molecule has 4 heterocycles. The predicted molar refractivity (Wildman–Crippen MR) is 118 cm³/mol. The van der Waals surface area contributed by atoms with Gasteiger partial charge in [-0.25, -0.2) is 4.98 Å². The van der Waals surface area contributed by atoms with Gasteiger partial charge >= 0.3 is 0 Å². The molecule has 0 aliphatic carbocycles. The van der Waals surface area contributed by atoms with Crippen LogP contribution in [0.5, 0.6) is 5.75 Å². The molecule has 0 radical (unpaired) electrons. The Kier molecular flexibility index (Phi) is 4.81. The fourth-order valence-electron chi connectivity index (χ4n) is 4.12. The first kappa shape index (κ1) is 19.2. The topological polar surface area (TPSA) is 81.6 Å². The number of hydrogen-bond acceptors (Lipinski definition) is 6. The summed E-state index contributed by atoms with van der Waals surface area (Å²) in [6, 6.07) is 12.3. The van der Waals surface area contributed by atoms with Gasteiger partial charge in [0.05, 0.1) is 12.6 Å². The standard InChI is InChI=1S/C22H23ClN6O/c1-13(28-10-9-16(24)12-28)15-5-8-19-26-27-22(29(19)11-15)17-6-3-14-4-7-18(30-2)20(23)21(14)25-17/h3-8,11,13,16H,9-10,12,24H2,1-2H3/t13-,16-/m0/s1. The molecule has 1 aromatic carbocycles. The van der Waals surface area contributed by atoms with Crippen molar-refractivity contribution < 1.29 is 4.74 Å². The van der Waals surface area contributed by atoms with E-state index in [9.17, 15) is 0 Å². The van der Waals surface area contributed by atoms with Gasteiger partial charge in [0.2, 0.25) is 0 Å². The van der Waals surface area contributed by atoms with E-state index in [-0.39, 0.29) is 12.1 Å². The minimum absolute atomic E-state index is 0.255. The minimum atomic E-state index is 0.255. The molecule has 1 aliphatic rings. The normalized spacial score (nSPS) is 18.3. The van der Waals surface area contributed by atoms with E-state index < -0.39 is 0 Å². The van der Waals surface area contributed by atoms with Gasteiger partial charge in [-0.15, -0.1) is 10.2 Å². The first-order valence-corrected chi connectivity index (χ1v) is 10.4. The van der Waals surface area contributed by atoms with Crippen LogP contribution in [0.1, 0.15) is 24.9 Å². The van der Waals surface area contributed by atoms with Crippen LogP contribution in [0.3, 0.4) is 0 Å². The Hall–Kier alpha value is -2.74. The molecule has 0 bridgehead atoms. The molecule has 0 unspecified atom stereocenters. The number of nitrogens with two attached hydrogens (primary N) is 1. The maximum Gasteiger partial charge on any atom is 0.187 e. The third-order valence-corrected chi connectivity index (χ3v) is 6.29. The molecular weight excluding hydrogens is 400 g/mol. The van der Waals surface area contributed by atoms with Crippen LogP contribution in [0.2, 0.25) is 5.02 Å². The molecule has 1 aliphatic heterocycles. The maximum absolute atomic E-state index is 6.50. The number of aromatic nitrogens is 4. The van der Waals surface area contributed by atoms with Gasteiger partial charge in [0.15, 0.2) is 11.5 Å². The van der Waals surface area contributed by atoms with E-state index in [2.05, 4.69) is 34.3 Å². The van der Waals surface area contributed by atoms with Crippen LogP contribution in [-0.4, -0.2) is 50.7 Å². The van der Waals surface area contributed by atoms with Crippen LogP contribution >= 0.6 is 11.6 Å². The number of hydrogen-bond donors (Lipinski definition) is 1. The minimum Gasteiger partial charge on any atom is -0.495 e. The largest absolute Gasteiger partial charge is 0.495 e. The molecule has 0 amide bonds. The Morgan fingerprint density at radius 1 is 1.17 bits per heavy atom. The molecule has 7 nitrogen and oxygen atoms in total. The van der Waals surface area contributed by atoms with Crippen molar-refractivity contribution in [3.63, 3.8) is 0 Å². The highest BCUT2D eigenvalue weighted by molar-refractivity contribution is 6.36. The molecule has 0 saturated carbocycles. The molecule has 154 valence electrons. The number of nitrogens with zero attached hydrogens (tertiary/aromatic N) is 5. The molecule has 0 spiro atoms. The van der Waals surface area contributed by atoms with E-state index in [1.807, 2.05) is 34.7 Å². The third kappa shape index (κ3) is 3.19. The average Bonchev–Trinajstić information content (AvgIpc) is 3.39. The molecule has 2 N–H and O–H groups in total. The van der Waals surface area contributed by atoms with E-state index in [1.165, 1.54) is 5.56 Å². The van der Waals surface area contributed by atoms with Crippen LogP contribution in [0, 0.1) is 0 Å². The van der Waals surface area contributed by atoms with Crippen molar-refractivity contribution in [2.45, 2.75) is 25.4 Å². The Morgan fingerprint density at radius 3 is 2.77 bits per heavy atom. The lowest BCUT2D eigenvalue weighted by atomic mass is 10.1. The molecule has 30 heavy (non-hydrogen) atoms. The molecule has 8 heteroatoms. The van der Waals surface area contributed by atoms with Crippen LogP contribution in [0.4, 0.5) is 0 Å². The highest BCUT2D eigenvalue weighted by Gasteiger charge is 2.25. The van der Waals surface area contributed by atoms with E-state index in [0.717, 1.165) is 30.5 Å². The summed E-state index contributed by atoms with van der Waals surface area (Å²) in [6.45, 7) is 4.15. The Labute approximate surface area is 179 Å². The summed E-state index contributed by atoms with van der Waals surface area (Å²) in [5, 5.41) is 10.2. The van der Waals surface area contributed by atoms with Crippen molar-refractivity contribution in [1.29, 1.82) is 0 Å². The van der Waals surface area contributed by atoms with E-state index in [1.54, 1.807) is 7.11 Å². The lowest BCUT2D eigenvalue weighted by Crippen LogP contribution is -2.28. The number of likely N-dealkylation sites (tertiary alicyclic amines) is 1. The molecule has 1 fully saturated rings. The van der Waals surface area contributed by atoms with E-state index in [4.69, 9.17) is 27.1 Å². The van der Waals surface area contributed by atoms with Crippen molar-refractivity contribution in [2.24, 2.45) is 5.73 Å². The summed E-state index contributed by atoms with van der Waals surface area (Å²) in [5.41, 5.74) is 9.45. The molecule has 5 rings (SSSR count). The second kappa shape index (κ2) is 7.50. The number of benzene rings is 1. The average molecular weight is 423 g/mol. The first-order valence-electron chi connectivity index (χ1n) is 10.0. The third-order valence-electron chi connectivity index (χ3n) is 5.93. The number of fused-ring (bicyclic) bond motifs is 2. The van der Waals surface area contributed by atoms with Gasteiger partial charge in [-0.05, 0) is 43.2 Å². The molecule has 2 atom stereocenters. The van der Waals surface area contributed by atoms with Crippen molar-refractivity contribution >= 4 is 28.2 Å². The van der Waals surface area contributed by atoms with Crippen LogP contribution in [0.25, 0.3) is 28.1 Å². The quantitative estimate of drug-likeness (QED) is 0.540. The summed E-state index contributed by atoms with van der Waals surface area (Å²) in [4.78, 5) is 7.19. The number of halogens is 1. The Bertz CT molecular complexity index is 1240. The van der Waals surface area contributed by atoms with Crippen molar-refractivity contribution in [2.75, 3.05) is 20.2 Å². The van der Waals surface area contributed by atoms with Crippen molar-refractivity contribution in [3.8, 4) is 17.3 Å². The van der Waals surface area contributed by atoms with E-state index >= 15 is 0 Å². The second-order valence-electron chi connectivity index (χ2n) is 7.78. The fraction of sp³-hybridized carbons (Fsp3) is 0.318.